The third kappa shape index (κ3) is 4.73. The first-order valence-corrected chi connectivity index (χ1v) is 10.6. The van der Waals surface area contributed by atoms with E-state index in [1.165, 1.54) is 0 Å². The molecule has 0 bridgehead atoms. The Balaban J connectivity index is 1.59. The fourth-order valence-electron chi connectivity index (χ4n) is 3.69. The van der Waals surface area contributed by atoms with Crippen LogP contribution >= 0.6 is 0 Å². The highest BCUT2D eigenvalue weighted by atomic mass is 32.2. The lowest BCUT2D eigenvalue weighted by molar-refractivity contribution is -0.131. The van der Waals surface area contributed by atoms with Crippen LogP contribution in [0.2, 0.25) is 0 Å². The molecule has 0 aromatic heterocycles. The SMILES string of the molecule is O=C(Cc1ccc(O)cc1)N1CCCC(S(=O)(=O)NC2CCCC2)C1. The molecule has 3 rings (SSSR count). The summed E-state index contributed by atoms with van der Waals surface area (Å²) in [5, 5.41) is 8.79. The van der Waals surface area contributed by atoms with Crippen LogP contribution in [0, 0.1) is 0 Å². The first kappa shape index (κ1) is 18.2. The number of nitrogens with zero attached hydrogens (tertiary/aromatic N) is 1. The second kappa shape index (κ2) is 7.74. The Morgan fingerprint density at radius 1 is 1.12 bits per heavy atom. The summed E-state index contributed by atoms with van der Waals surface area (Å²) in [5.74, 6) is 0.102. The van der Waals surface area contributed by atoms with Gasteiger partial charge in [-0.05, 0) is 43.4 Å². The lowest BCUT2D eigenvalue weighted by Crippen LogP contribution is -2.50. The minimum absolute atomic E-state index is 0.0630. The van der Waals surface area contributed by atoms with Gasteiger partial charge in [0.05, 0.1) is 11.7 Å². The molecule has 6 nitrogen and oxygen atoms in total. The van der Waals surface area contributed by atoms with Crippen LogP contribution in [0.3, 0.4) is 0 Å². The molecule has 1 heterocycles. The number of carbonyl (C=O) groups excluding carboxylic acids is 1. The van der Waals surface area contributed by atoms with E-state index < -0.39 is 15.3 Å². The molecule has 1 amide bonds. The quantitative estimate of drug-likeness (QED) is 0.832. The van der Waals surface area contributed by atoms with E-state index in [4.69, 9.17) is 0 Å². The van der Waals surface area contributed by atoms with Crippen molar-refractivity contribution in [3.8, 4) is 5.75 Å². The third-order valence-electron chi connectivity index (χ3n) is 5.15. The maximum absolute atomic E-state index is 12.6. The second-order valence-corrected chi connectivity index (χ2v) is 9.08. The molecule has 1 aromatic carbocycles. The Morgan fingerprint density at radius 2 is 1.80 bits per heavy atom. The summed E-state index contributed by atoms with van der Waals surface area (Å²) in [6.45, 7) is 0.866. The highest BCUT2D eigenvalue weighted by Crippen LogP contribution is 2.22. The Morgan fingerprint density at radius 3 is 2.48 bits per heavy atom. The van der Waals surface area contributed by atoms with Crippen molar-refractivity contribution in [3.05, 3.63) is 29.8 Å². The number of carbonyl (C=O) groups is 1. The summed E-state index contributed by atoms with van der Waals surface area (Å²) in [6.07, 6.45) is 5.51. The van der Waals surface area contributed by atoms with E-state index in [0.717, 1.165) is 31.2 Å². The first-order chi connectivity index (χ1) is 11.9. The molecule has 2 N–H and O–H groups in total. The molecular weight excluding hydrogens is 340 g/mol. The van der Waals surface area contributed by atoms with Crippen molar-refractivity contribution in [3.63, 3.8) is 0 Å². The topological polar surface area (TPSA) is 86.7 Å². The van der Waals surface area contributed by atoms with Crippen LogP contribution in [-0.2, 0) is 21.2 Å². The van der Waals surface area contributed by atoms with Crippen LogP contribution in [0.4, 0.5) is 0 Å². The molecule has 2 fully saturated rings. The molecular formula is C18H26N2O4S. The van der Waals surface area contributed by atoms with Gasteiger partial charge in [0.1, 0.15) is 5.75 Å². The van der Waals surface area contributed by atoms with Crippen molar-refractivity contribution in [2.45, 2.75) is 56.2 Å². The van der Waals surface area contributed by atoms with E-state index in [0.29, 0.717) is 19.4 Å². The molecule has 1 unspecified atom stereocenters. The Labute approximate surface area is 149 Å². The Bertz CT molecular complexity index is 696. The largest absolute Gasteiger partial charge is 0.508 e. The normalized spacial score (nSPS) is 22.2. The second-order valence-electron chi connectivity index (χ2n) is 7.09. The number of hydrogen-bond acceptors (Lipinski definition) is 4. The summed E-state index contributed by atoms with van der Waals surface area (Å²) in [6, 6.07) is 6.60. The van der Waals surface area contributed by atoms with Gasteiger partial charge >= 0.3 is 0 Å². The zero-order valence-corrected chi connectivity index (χ0v) is 15.2. The molecule has 7 heteroatoms. The van der Waals surface area contributed by atoms with Gasteiger partial charge < -0.3 is 10.0 Å². The average Bonchev–Trinajstić information content (AvgIpc) is 3.09. The van der Waals surface area contributed by atoms with Crippen molar-refractivity contribution in [2.75, 3.05) is 13.1 Å². The molecule has 0 spiro atoms. The van der Waals surface area contributed by atoms with Gasteiger partial charge in [0, 0.05) is 19.1 Å². The summed E-state index contributed by atoms with van der Waals surface area (Å²) in [7, 11) is -3.39. The molecule has 1 atom stereocenters. The summed E-state index contributed by atoms with van der Waals surface area (Å²) >= 11 is 0. The molecule has 1 aromatic rings. The molecule has 1 aliphatic carbocycles. The zero-order chi connectivity index (χ0) is 17.9. The van der Waals surface area contributed by atoms with Gasteiger partial charge in [0.2, 0.25) is 15.9 Å². The van der Waals surface area contributed by atoms with Gasteiger partial charge in [-0.3, -0.25) is 4.79 Å². The number of nitrogens with one attached hydrogen (secondary N) is 1. The van der Waals surface area contributed by atoms with Crippen LogP contribution in [-0.4, -0.2) is 48.7 Å². The molecule has 0 radical (unpaired) electrons. The van der Waals surface area contributed by atoms with E-state index in [2.05, 4.69) is 4.72 Å². The minimum Gasteiger partial charge on any atom is -0.508 e. The standard InChI is InChI=1S/C18H26N2O4S/c21-16-9-7-14(8-10-16)12-18(22)20-11-3-6-17(13-20)25(23,24)19-15-4-1-2-5-15/h7-10,15,17,19,21H,1-6,11-13H2. The van der Waals surface area contributed by atoms with E-state index in [1.54, 1.807) is 29.2 Å². The van der Waals surface area contributed by atoms with Crippen LogP contribution in [0.1, 0.15) is 44.1 Å². The van der Waals surface area contributed by atoms with Gasteiger partial charge in [0.25, 0.3) is 0 Å². The molecule has 1 aliphatic heterocycles. The predicted octanol–water partition coefficient (Wildman–Crippen LogP) is 1.79. The van der Waals surface area contributed by atoms with E-state index in [1.807, 2.05) is 0 Å². The molecule has 1 saturated heterocycles. The highest BCUT2D eigenvalue weighted by Gasteiger charge is 2.34. The molecule has 25 heavy (non-hydrogen) atoms. The van der Waals surface area contributed by atoms with Gasteiger partial charge in [-0.15, -0.1) is 0 Å². The lowest BCUT2D eigenvalue weighted by Gasteiger charge is -2.33. The van der Waals surface area contributed by atoms with Gasteiger partial charge in [-0.25, -0.2) is 13.1 Å². The maximum Gasteiger partial charge on any atom is 0.227 e. The Hall–Kier alpha value is -1.60. The first-order valence-electron chi connectivity index (χ1n) is 9.01. The lowest BCUT2D eigenvalue weighted by atomic mass is 10.1. The van der Waals surface area contributed by atoms with Crippen LogP contribution in [0.15, 0.2) is 24.3 Å². The molecule has 138 valence electrons. The van der Waals surface area contributed by atoms with E-state index in [9.17, 15) is 18.3 Å². The highest BCUT2D eigenvalue weighted by molar-refractivity contribution is 7.90. The third-order valence-corrected chi connectivity index (χ3v) is 7.07. The monoisotopic (exact) mass is 366 g/mol. The summed E-state index contributed by atoms with van der Waals surface area (Å²) in [4.78, 5) is 14.2. The van der Waals surface area contributed by atoms with Crippen LogP contribution in [0.25, 0.3) is 0 Å². The fourth-order valence-corrected chi connectivity index (χ4v) is 5.44. The number of sulfonamides is 1. The summed E-state index contributed by atoms with van der Waals surface area (Å²) in [5.41, 5.74) is 0.817. The van der Waals surface area contributed by atoms with Crippen LogP contribution < -0.4 is 4.72 Å². The van der Waals surface area contributed by atoms with Crippen molar-refractivity contribution in [2.24, 2.45) is 0 Å². The Kier molecular flexibility index (Phi) is 5.64. The van der Waals surface area contributed by atoms with E-state index in [-0.39, 0.29) is 30.7 Å². The van der Waals surface area contributed by atoms with Gasteiger partial charge in [0.15, 0.2) is 0 Å². The number of piperidine rings is 1. The number of likely N-dealkylation sites (tertiary alicyclic amines) is 1. The number of rotatable bonds is 5. The van der Waals surface area contributed by atoms with E-state index >= 15 is 0 Å². The van der Waals surface area contributed by atoms with Gasteiger partial charge in [-0.2, -0.15) is 0 Å². The number of phenolic OH excluding ortho intramolecular Hbond substituents is 1. The van der Waals surface area contributed by atoms with Crippen molar-refractivity contribution >= 4 is 15.9 Å². The average molecular weight is 366 g/mol. The predicted molar refractivity (Wildman–Crippen MR) is 95.7 cm³/mol. The van der Waals surface area contributed by atoms with Crippen LogP contribution in [0.5, 0.6) is 5.75 Å². The zero-order valence-electron chi connectivity index (χ0n) is 14.4. The molecule has 1 saturated carbocycles. The number of aromatic hydroxyl groups is 1. The smallest absolute Gasteiger partial charge is 0.227 e. The number of hydrogen-bond donors (Lipinski definition) is 2. The number of phenols is 1. The summed E-state index contributed by atoms with van der Waals surface area (Å²) < 4.78 is 28.1. The molecule has 2 aliphatic rings. The van der Waals surface area contributed by atoms with Gasteiger partial charge in [-0.1, -0.05) is 25.0 Å². The van der Waals surface area contributed by atoms with Crippen molar-refractivity contribution < 1.29 is 18.3 Å². The number of amides is 1. The maximum atomic E-state index is 12.6. The number of benzene rings is 1. The van der Waals surface area contributed by atoms with Crippen molar-refractivity contribution in [1.29, 1.82) is 0 Å². The minimum atomic E-state index is -3.39. The van der Waals surface area contributed by atoms with Crippen molar-refractivity contribution in [1.82, 2.24) is 9.62 Å². The fraction of sp³-hybridized carbons (Fsp3) is 0.611.